The molecule has 108 valence electrons. The second-order valence-electron chi connectivity index (χ2n) is 4.83. The molecule has 0 aliphatic heterocycles. The number of benzene rings is 1. The van der Waals surface area contributed by atoms with Crippen LogP contribution in [0, 0.1) is 0 Å². The van der Waals surface area contributed by atoms with Crippen LogP contribution < -0.4 is 9.47 Å². The van der Waals surface area contributed by atoms with Crippen LogP contribution >= 0.6 is 0 Å². The van der Waals surface area contributed by atoms with Crippen molar-refractivity contribution in [3.05, 3.63) is 23.8 Å². The third-order valence-corrected chi connectivity index (χ3v) is 3.37. The van der Waals surface area contributed by atoms with Gasteiger partial charge in [0.15, 0.2) is 11.5 Å². The van der Waals surface area contributed by atoms with Gasteiger partial charge in [-0.1, -0.05) is 45.1 Å². The maximum absolute atomic E-state index is 10.2. The number of hydrogen-bond acceptors (Lipinski definition) is 3. The van der Waals surface area contributed by atoms with E-state index in [1.807, 2.05) is 18.2 Å². The van der Waals surface area contributed by atoms with Crippen LogP contribution in [0.3, 0.4) is 0 Å². The Morgan fingerprint density at radius 2 is 1.68 bits per heavy atom. The van der Waals surface area contributed by atoms with Gasteiger partial charge in [0.2, 0.25) is 0 Å². The number of methoxy groups -OCH3 is 2. The molecule has 0 aliphatic carbocycles. The van der Waals surface area contributed by atoms with E-state index in [-0.39, 0.29) is 0 Å². The average molecular weight is 266 g/mol. The molecule has 1 N–H and O–H groups in total. The van der Waals surface area contributed by atoms with Crippen molar-refractivity contribution < 1.29 is 14.6 Å². The topological polar surface area (TPSA) is 38.7 Å². The normalized spacial score (nSPS) is 12.2. The maximum atomic E-state index is 10.2. The van der Waals surface area contributed by atoms with Crippen LogP contribution in [0.2, 0.25) is 0 Å². The second kappa shape index (κ2) is 8.81. The van der Waals surface area contributed by atoms with E-state index in [9.17, 15) is 5.11 Å². The van der Waals surface area contributed by atoms with Crippen molar-refractivity contribution in [3.63, 3.8) is 0 Å². The van der Waals surface area contributed by atoms with Gasteiger partial charge in [-0.25, -0.2) is 0 Å². The molecule has 0 heterocycles. The third kappa shape index (κ3) is 5.11. The lowest BCUT2D eigenvalue weighted by atomic mass is 10.0. The first-order valence-electron chi connectivity index (χ1n) is 7.13. The highest BCUT2D eigenvalue weighted by Gasteiger charge is 2.11. The van der Waals surface area contributed by atoms with Crippen LogP contribution in [-0.4, -0.2) is 19.3 Å². The van der Waals surface area contributed by atoms with Crippen molar-refractivity contribution in [2.24, 2.45) is 0 Å². The quantitative estimate of drug-likeness (QED) is 0.684. The summed E-state index contributed by atoms with van der Waals surface area (Å²) in [6.45, 7) is 2.21. The van der Waals surface area contributed by atoms with Gasteiger partial charge in [0, 0.05) is 0 Å². The zero-order valence-corrected chi connectivity index (χ0v) is 12.3. The van der Waals surface area contributed by atoms with Crippen molar-refractivity contribution in [2.45, 2.75) is 51.6 Å². The lowest BCUT2D eigenvalue weighted by Gasteiger charge is -2.14. The maximum Gasteiger partial charge on any atom is 0.161 e. The minimum absolute atomic E-state index is 0.415. The summed E-state index contributed by atoms with van der Waals surface area (Å²) >= 11 is 0. The molecule has 3 nitrogen and oxygen atoms in total. The van der Waals surface area contributed by atoms with Crippen LogP contribution in [-0.2, 0) is 0 Å². The molecule has 19 heavy (non-hydrogen) atoms. The van der Waals surface area contributed by atoms with Gasteiger partial charge in [-0.05, 0) is 24.1 Å². The Morgan fingerprint density at radius 1 is 1.00 bits per heavy atom. The molecule has 0 aromatic heterocycles. The standard InChI is InChI=1S/C16H26O3/c1-4-5-6-7-8-9-14(17)13-10-11-15(18-2)16(12-13)19-3/h10-12,14,17H,4-9H2,1-3H3. The molecule has 0 saturated carbocycles. The van der Waals surface area contributed by atoms with Crippen molar-refractivity contribution in [3.8, 4) is 11.5 Å². The predicted octanol–water partition coefficient (Wildman–Crippen LogP) is 4.10. The summed E-state index contributed by atoms with van der Waals surface area (Å²) in [6.07, 6.45) is 6.44. The van der Waals surface area contributed by atoms with Crippen LogP contribution in [0.5, 0.6) is 11.5 Å². The average Bonchev–Trinajstić information content (AvgIpc) is 2.46. The zero-order chi connectivity index (χ0) is 14.1. The van der Waals surface area contributed by atoms with Crippen LogP contribution in [0.1, 0.15) is 57.1 Å². The number of unbranched alkanes of at least 4 members (excludes halogenated alkanes) is 4. The highest BCUT2D eigenvalue weighted by atomic mass is 16.5. The van der Waals surface area contributed by atoms with E-state index in [1.165, 1.54) is 25.7 Å². The van der Waals surface area contributed by atoms with Gasteiger partial charge >= 0.3 is 0 Å². The lowest BCUT2D eigenvalue weighted by molar-refractivity contribution is 0.163. The molecule has 0 saturated heterocycles. The summed E-state index contributed by atoms with van der Waals surface area (Å²) in [4.78, 5) is 0. The first-order chi connectivity index (χ1) is 9.22. The summed E-state index contributed by atoms with van der Waals surface area (Å²) in [6, 6.07) is 5.60. The smallest absolute Gasteiger partial charge is 0.161 e. The van der Waals surface area contributed by atoms with E-state index in [4.69, 9.17) is 9.47 Å². The van der Waals surface area contributed by atoms with E-state index >= 15 is 0 Å². The first kappa shape index (κ1) is 15.8. The van der Waals surface area contributed by atoms with E-state index in [2.05, 4.69) is 6.92 Å². The van der Waals surface area contributed by atoms with E-state index in [0.29, 0.717) is 11.5 Å². The van der Waals surface area contributed by atoms with Gasteiger partial charge in [0.1, 0.15) is 0 Å². The Bertz CT molecular complexity index is 363. The predicted molar refractivity (Wildman–Crippen MR) is 77.9 cm³/mol. The van der Waals surface area contributed by atoms with Crippen molar-refractivity contribution >= 4 is 0 Å². The number of hydrogen-bond donors (Lipinski definition) is 1. The fourth-order valence-corrected chi connectivity index (χ4v) is 2.17. The molecule has 0 spiro atoms. The summed E-state index contributed by atoms with van der Waals surface area (Å²) in [7, 11) is 3.22. The van der Waals surface area contributed by atoms with Crippen molar-refractivity contribution in [1.29, 1.82) is 0 Å². The van der Waals surface area contributed by atoms with E-state index < -0.39 is 6.10 Å². The monoisotopic (exact) mass is 266 g/mol. The zero-order valence-electron chi connectivity index (χ0n) is 12.3. The summed E-state index contributed by atoms with van der Waals surface area (Å²) < 4.78 is 10.4. The Morgan fingerprint density at radius 3 is 2.32 bits per heavy atom. The SMILES string of the molecule is CCCCCCCC(O)c1ccc(OC)c(OC)c1. The molecule has 0 fully saturated rings. The molecule has 3 heteroatoms. The molecule has 1 aromatic carbocycles. The number of aliphatic hydroxyl groups is 1. The fraction of sp³-hybridized carbons (Fsp3) is 0.625. The summed E-state index contributed by atoms with van der Waals surface area (Å²) in [5, 5.41) is 10.2. The first-order valence-corrected chi connectivity index (χ1v) is 7.13. The summed E-state index contributed by atoms with van der Waals surface area (Å²) in [5.74, 6) is 1.37. The van der Waals surface area contributed by atoms with Gasteiger partial charge in [-0.15, -0.1) is 0 Å². The Labute approximate surface area is 116 Å². The van der Waals surface area contributed by atoms with Gasteiger partial charge in [0.05, 0.1) is 20.3 Å². The van der Waals surface area contributed by atoms with Crippen molar-refractivity contribution in [2.75, 3.05) is 14.2 Å². The third-order valence-electron chi connectivity index (χ3n) is 3.37. The second-order valence-corrected chi connectivity index (χ2v) is 4.83. The minimum Gasteiger partial charge on any atom is -0.493 e. The molecular weight excluding hydrogens is 240 g/mol. The van der Waals surface area contributed by atoms with E-state index in [0.717, 1.165) is 18.4 Å². The minimum atomic E-state index is -0.415. The number of rotatable bonds is 9. The summed E-state index contributed by atoms with van der Waals surface area (Å²) in [5.41, 5.74) is 0.896. The Hall–Kier alpha value is -1.22. The molecule has 1 unspecified atom stereocenters. The highest BCUT2D eigenvalue weighted by Crippen LogP contribution is 2.31. The van der Waals surface area contributed by atoms with E-state index in [1.54, 1.807) is 14.2 Å². The molecule has 0 bridgehead atoms. The van der Waals surface area contributed by atoms with Crippen LogP contribution in [0.4, 0.5) is 0 Å². The Kier molecular flexibility index (Phi) is 7.34. The molecule has 1 aromatic rings. The number of aliphatic hydroxyl groups excluding tert-OH is 1. The largest absolute Gasteiger partial charge is 0.493 e. The van der Waals surface area contributed by atoms with Gasteiger partial charge < -0.3 is 14.6 Å². The molecule has 0 amide bonds. The number of ether oxygens (including phenoxy) is 2. The highest BCUT2D eigenvalue weighted by molar-refractivity contribution is 5.43. The molecular formula is C16H26O3. The Balaban J connectivity index is 2.49. The van der Waals surface area contributed by atoms with Gasteiger partial charge in [-0.2, -0.15) is 0 Å². The van der Waals surface area contributed by atoms with Crippen LogP contribution in [0.15, 0.2) is 18.2 Å². The molecule has 0 aliphatic rings. The van der Waals surface area contributed by atoms with Gasteiger partial charge in [0.25, 0.3) is 0 Å². The van der Waals surface area contributed by atoms with Gasteiger partial charge in [-0.3, -0.25) is 0 Å². The van der Waals surface area contributed by atoms with Crippen molar-refractivity contribution in [1.82, 2.24) is 0 Å². The molecule has 1 atom stereocenters. The molecule has 0 radical (unpaired) electrons. The fourth-order valence-electron chi connectivity index (χ4n) is 2.17. The lowest BCUT2D eigenvalue weighted by Crippen LogP contribution is -1.99. The molecule has 1 rings (SSSR count). The van der Waals surface area contributed by atoms with Crippen LogP contribution in [0.25, 0.3) is 0 Å².